The number of thiocarbonyl (C=S) groups is 1. The van der Waals surface area contributed by atoms with E-state index < -0.39 is 6.10 Å². The van der Waals surface area contributed by atoms with Crippen LogP contribution < -0.4 is 20.7 Å². The number of ether oxygens (including phenoxy) is 2. The highest BCUT2D eigenvalue weighted by Gasteiger charge is 2.23. The summed E-state index contributed by atoms with van der Waals surface area (Å²) in [5.41, 5.74) is 1.46. The summed E-state index contributed by atoms with van der Waals surface area (Å²) in [6, 6.07) is 5.53. The topological polar surface area (TPSA) is 74.9 Å². The fourth-order valence-corrected chi connectivity index (χ4v) is 3.01. The molecule has 1 saturated heterocycles. The second-order valence-electron chi connectivity index (χ2n) is 6.15. The van der Waals surface area contributed by atoms with Gasteiger partial charge in [-0.25, -0.2) is 0 Å². The lowest BCUT2D eigenvalue weighted by Crippen LogP contribution is -2.38. The minimum Gasteiger partial charge on any atom is -0.479 e. The molecule has 0 radical (unpaired) electrons. The highest BCUT2D eigenvalue weighted by atomic mass is 32.1. The number of benzene rings is 1. The molecule has 25 heavy (non-hydrogen) atoms. The van der Waals surface area contributed by atoms with Crippen molar-refractivity contribution in [3.8, 4) is 5.75 Å². The van der Waals surface area contributed by atoms with Gasteiger partial charge in [-0.3, -0.25) is 9.69 Å². The molecule has 3 N–H and O–H groups in total. The molecule has 1 aromatic rings. The number of amides is 1. The third-order valence-corrected chi connectivity index (χ3v) is 4.46. The molecule has 8 heteroatoms. The van der Waals surface area contributed by atoms with Crippen LogP contribution in [0.25, 0.3) is 0 Å². The summed E-state index contributed by atoms with van der Waals surface area (Å²) in [5, 5.41) is 9.74. The molecule has 0 spiro atoms. The Kier molecular flexibility index (Phi) is 6.06. The summed E-state index contributed by atoms with van der Waals surface area (Å²) in [5.74, 6) is 0.524. The Bertz CT molecular complexity index is 634. The van der Waals surface area contributed by atoms with Gasteiger partial charge in [0, 0.05) is 25.3 Å². The second kappa shape index (κ2) is 8.46. The molecule has 2 aliphatic rings. The predicted molar refractivity (Wildman–Crippen MR) is 101 cm³/mol. The van der Waals surface area contributed by atoms with Crippen LogP contribution >= 0.6 is 12.2 Å². The van der Waals surface area contributed by atoms with E-state index >= 15 is 0 Å². The van der Waals surface area contributed by atoms with Gasteiger partial charge in [0.25, 0.3) is 5.91 Å². The van der Waals surface area contributed by atoms with E-state index in [1.807, 2.05) is 18.2 Å². The molecule has 0 saturated carbocycles. The first-order valence-corrected chi connectivity index (χ1v) is 8.99. The molecular formula is C17H24N4O3S. The first-order valence-electron chi connectivity index (χ1n) is 8.58. The van der Waals surface area contributed by atoms with Gasteiger partial charge in [0.05, 0.1) is 18.9 Å². The molecule has 7 nitrogen and oxygen atoms in total. The lowest BCUT2D eigenvalue weighted by atomic mass is 10.2. The average Bonchev–Trinajstić information content (AvgIpc) is 2.61. The minimum absolute atomic E-state index is 0.145. The average molecular weight is 364 g/mol. The van der Waals surface area contributed by atoms with Crippen molar-refractivity contribution in [1.29, 1.82) is 0 Å². The van der Waals surface area contributed by atoms with E-state index in [2.05, 4.69) is 20.9 Å². The maximum absolute atomic E-state index is 11.7. The number of morpholine rings is 1. The van der Waals surface area contributed by atoms with Gasteiger partial charge in [-0.2, -0.15) is 0 Å². The highest BCUT2D eigenvalue weighted by molar-refractivity contribution is 7.80. The summed E-state index contributed by atoms with van der Waals surface area (Å²) in [4.78, 5) is 14.1. The normalized spacial score (nSPS) is 20.2. The van der Waals surface area contributed by atoms with Crippen LogP contribution in [0.4, 0.5) is 11.4 Å². The van der Waals surface area contributed by atoms with Crippen molar-refractivity contribution in [3.05, 3.63) is 18.2 Å². The van der Waals surface area contributed by atoms with Crippen LogP contribution in [0, 0.1) is 0 Å². The van der Waals surface area contributed by atoms with Crippen LogP contribution in [0.15, 0.2) is 18.2 Å². The SMILES string of the molecule is C[C@@H]1Oc2ccc(NC(=S)NCCCN3CCOCC3)cc2NC1=O. The molecule has 0 aliphatic carbocycles. The van der Waals surface area contributed by atoms with Gasteiger partial charge in [-0.15, -0.1) is 0 Å². The van der Waals surface area contributed by atoms with Crippen LogP contribution in [-0.4, -0.2) is 61.4 Å². The van der Waals surface area contributed by atoms with Crippen LogP contribution in [0.1, 0.15) is 13.3 Å². The summed E-state index contributed by atoms with van der Waals surface area (Å²) < 4.78 is 10.9. The Morgan fingerprint density at radius 2 is 2.20 bits per heavy atom. The highest BCUT2D eigenvalue weighted by Crippen LogP contribution is 2.32. The van der Waals surface area contributed by atoms with Crippen molar-refractivity contribution >= 4 is 34.6 Å². The molecule has 1 aromatic carbocycles. The maximum Gasteiger partial charge on any atom is 0.265 e. The number of anilines is 2. The molecule has 1 amide bonds. The Balaban J connectivity index is 1.42. The van der Waals surface area contributed by atoms with Crippen molar-refractivity contribution in [1.82, 2.24) is 10.2 Å². The fourth-order valence-electron chi connectivity index (χ4n) is 2.79. The third-order valence-electron chi connectivity index (χ3n) is 4.21. The number of fused-ring (bicyclic) bond motifs is 1. The second-order valence-corrected chi connectivity index (χ2v) is 6.56. The lowest BCUT2D eigenvalue weighted by Gasteiger charge is -2.26. The van der Waals surface area contributed by atoms with Crippen molar-refractivity contribution in [3.63, 3.8) is 0 Å². The standard InChI is InChI=1S/C17H24N4O3S/c1-12-16(22)20-14-11-13(3-4-15(14)24-12)19-17(25)18-5-2-6-21-7-9-23-10-8-21/h3-4,11-12H,2,5-10H2,1H3,(H,20,22)(H2,18,19,25)/t12-/m0/s1. The smallest absolute Gasteiger partial charge is 0.265 e. The molecule has 1 fully saturated rings. The lowest BCUT2D eigenvalue weighted by molar-refractivity contribution is -0.122. The molecule has 0 bridgehead atoms. The molecule has 1 atom stereocenters. The van der Waals surface area contributed by atoms with Crippen molar-refractivity contribution in [2.45, 2.75) is 19.4 Å². The van der Waals surface area contributed by atoms with Crippen molar-refractivity contribution in [2.24, 2.45) is 0 Å². The Morgan fingerprint density at radius 1 is 1.40 bits per heavy atom. The van der Waals surface area contributed by atoms with Crippen LogP contribution in [0.2, 0.25) is 0 Å². The third kappa shape index (κ3) is 5.04. The number of nitrogens with one attached hydrogen (secondary N) is 3. The number of nitrogens with zero attached hydrogens (tertiary/aromatic N) is 1. The van der Waals surface area contributed by atoms with E-state index in [0.717, 1.165) is 51.5 Å². The van der Waals surface area contributed by atoms with Crippen LogP contribution in [-0.2, 0) is 9.53 Å². The molecule has 0 unspecified atom stereocenters. The number of carbonyl (C=O) groups excluding carboxylic acids is 1. The fraction of sp³-hybridized carbons (Fsp3) is 0.529. The van der Waals surface area contributed by atoms with Gasteiger partial charge in [-0.1, -0.05) is 0 Å². The van der Waals surface area contributed by atoms with Crippen LogP contribution in [0.3, 0.4) is 0 Å². The van der Waals surface area contributed by atoms with Gasteiger partial charge in [0.15, 0.2) is 11.2 Å². The molecular weight excluding hydrogens is 340 g/mol. The quantitative estimate of drug-likeness (QED) is 0.539. The van der Waals surface area contributed by atoms with E-state index in [0.29, 0.717) is 16.5 Å². The molecule has 3 rings (SSSR count). The van der Waals surface area contributed by atoms with Crippen molar-refractivity contribution in [2.75, 3.05) is 50.0 Å². The minimum atomic E-state index is -0.472. The largest absolute Gasteiger partial charge is 0.479 e. The van der Waals surface area contributed by atoms with E-state index in [-0.39, 0.29) is 5.91 Å². The molecule has 2 heterocycles. The van der Waals surface area contributed by atoms with Gasteiger partial charge in [-0.05, 0) is 50.3 Å². The monoisotopic (exact) mass is 364 g/mol. The van der Waals surface area contributed by atoms with Gasteiger partial charge >= 0.3 is 0 Å². The van der Waals surface area contributed by atoms with E-state index in [4.69, 9.17) is 21.7 Å². The number of hydrogen-bond acceptors (Lipinski definition) is 5. The van der Waals surface area contributed by atoms with Crippen molar-refractivity contribution < 1.29 is 14.3 Å². The predicted octanol–water partition coefficient (Wildman–Crippen LogP) is 1.41. The first-order chi connectivity index (χ1) is 12.1. The van der Waals surface area contributed by atoms with Gasteiger partial charge in [0.1, 0.15) is 5.75 Å². The zero-order valence-electron chi connectivity index (χ0n) is 14.3. The van der Waals surface area contributed by atoms with Gasteiger partial charge in [0.2, 0.25) is 0 Å². The zero-order chi connectivity index (χ0) is 17.6. The number of hydrogen-bond donors (Lipinski definition) is 3. The molecule has 136 valence electrons. The maximum atomic E-state index is 11.7. The van der Waals surface area contributed by atoms with E-state index in [9.17, 15) is 4.79 Å². The number of rotatable bonds is 5. The summed E-state index contributed by atoms with van der Waals surface area (Å²) in [6.07, 6.45) is 0.550. The van der Waals surface area contributed by atoms with Crippen LogP contribution in [0.5, 0.6) is 5.75 Å². The summed E-state index contributed by atoms with van der Waals surface area (Å²) >= 11 is 5.33. The first kappa shape index (κ1) is 17.9. The Labute approximate surface area is 153 Å². The van der Waals surface area contributed by atoms with E-state index in [1.165, 1.54) is 0 Å². The number of carbonyl (C=O) groups is 1. The summed E-state index contributed by atoms with van der Waals surface area (Å²) in [7, 11) is 0. The van der Waals surface area contributed by atoms with Gasteiger partial charge < -0.3 is 25.4 Å². The summed E-state index contributed by atoms with van der Waals surface area (Å²) in [6.45, 7) is 7.23. The Morgan fingerprint density at radius 3 is 3.00 bits per heavy atom. The molecule has 0 aromatic heterocycles. The molecule has 2 aliphatic heterocycles. The Hall–Kier alpha value is -1.90. The van der Waals surface area contributed by atoms with E-state index in [1.54, 1.807) is 6.92 Å². The zero-order valence-corrected chi connectivity index (χ0v) is 15.2.